The molecule has 0 aliphatic carbocycles. The topological polar surface area (TPSA) is 0 Å². The lowest BCUT2D eigenvalue weighted by molar-refractivity contribution is 0.534. The van der Waals surface area contributed by atoms with Gasteiger partial charge >= 0.3 is 0 Å². The van der Waals surface area contributed by atoms with Crippen LogP contribution in [0.25, 0.3) is 0 Å². The van der Waals surface area contributed by atoms with Gasteiger partial charge in [0, 0.05) is 1.43 Å². The van der Waals surface area contributed by atoms with Crippen molar-refractivity contribution in [3.05, 3.63) is 0 Å². The first kappa shape index (κ1) is 9.53. The SMILES string of the molecule is CC(C)CCCC[CH2][AlH2].[HH]. The van der Waals surface area contributed by atoms with Crippen molar-refractivity contribution < 1.29 is 1.43 Å². The van der Waals surface area contributed by atoms with E-state index in [2.05, 4.69) is 13.8 Å². The van der Waals surface area contributed by atoms with Gasteiger partial charge < -0.3 is 0 Å². The number of hydrogen-bond donors (Lipinski definition) is 0. The summed E-state index contributed by atoms with van der Waals surface area (Å²) in [5.74, 6) is 0.916. The van der Waals surface area contributed by atoms with Gasteiger partial charge in [-0.15, -0.1) is 5.28 Å². The van der Waals surface area contributed by atoms with Crippen LogP contribution in [-0.2, 0) is 0 Å². The van der Waals surface area contributed by atoms with Gasteiger partial charge in [0.2, 0.25) is 16.3 Å². The van der Waals surface area contributed by atoms with E-state index >= 15 is 0 Å². The Labute approximate surface area is 68.9 Å². The molecule has 0 amide bonds. The lowest BCUT2D eigenvalue weighted by Crippen LogP contribution is -1.86. The Kier molecular flexibility index (Phi) is 7.04. The molecule has 0 atom stereocenters. The van der Waals surface area contributed by atoms with Gasteiger partial charge in [-0.1, -0.05) is 39.5 Å². The number of hydrogen-bond acceptors (Lipinski definition) is 0. The fraction of sp³-hybridized carbons (Fsp3) is 1.00. The van der Waals surface area contributed by atoms with Crippen LogP contribution in [0.3, 0.4) is 0 Å². The van der Waals surface area contributed by atoms with E-state index in [-0.39, 0.29) is 1.43 Å². The smallest absolute Gasteiger partial charge is 0.101 e. The van der Waals surface area contributed by atoms with E-state index < -0.39 is 0 Å². The number of rotatable bonds is 5. The molecule has 0 aliphatic rings. The maximum atomic E-state index is 2.31. The molecule has 0 rings (SSSR count). The molecule has 0 N–H and O–H groups in total. The standard InChI is InChI=1S/C8H17.Al.H2.2H/c1-4-5-6-7-8(2)3;;;;/h8H,1,4-7H2,2-3H3;;1H;;. The highest BCUT2D eigenvalue weighted by Gasteiger charge is 1.91. The molecule has 56 valence electrons. The summed E-state index contributed by atoms with van der Waals surface area (Å²) in [4.78, 5) is 0. The van der Waals surface area contributed by atoms with Crippen molar-refractivity contribution in [1.29, 1.82) is 0 Å². The van der Waals surface area contributed by atoms with Gasteiger partial charge in [0.05, 0.1) is 0 Å². The van der Waals surface area contributed by atoms with Crippen molar-refractivity contribution in [2.45, 2.75) is 44.8 Å². The lowest BCUT2D eigenvalue weighted by Gasteiger charge is -2.01. The van der Waals surface area contributed by atoms with Crippen LogP contribution < -0.4 is 0 Å². The van der Waals surface area contributed by atoms with Gasteiger partial charge in [-0.2, -0.15) is 0 Å². The Balaban J connectivity index is 0. The van der Waals surface area contributed by atoms with Crippen LogP contribution in [0, 0.1) is 5.92 Å². The fourth-order valence-corrected chi connectivity index (χ4v) is 1.48. The Morgan fingerprint density at radius 1 is 1.22 bits per heavy atom. The zero-order valence-corrected chi connectivity index (χ0v) is 9.11. The summed E-state index contributed by atoms with van der Waals surface area (Å²) >= 11 is 1.40. The van der Waals surface area contributed by atoms with Crippen molar-refractivity contribution in [2.75, 3.05) is 0 Å². The predicted octanol–water partition coefficient (Wildman–Crippen LogP) is 2.50. The van der Waals surface area contributed by atoms with Crippen LogP contribution in [0.15, 0.2) is 0 Å². The minimum atomic E-state index is 0. The summed E-state index contributed by atoms with van der Waals surface area (Å²) < 4.78 is 0. The summed E-state index contributed by atoms with van der Waals surface area (Å²) in [7, 11) is 0. The van der Waals surface area contributed by atoms with Crippen molar-refractivity contribution in [3.8, 4) is 0 Å². The van der Waals surface area contributed by atoms with E-state index in [0.717, 1.165) is 5.92 Å². The average molecular weight is 144 g/mol. The van der Waals surface area contributed by atoms with Crippen molar-refractivity contribution in [3.63, 3.8) is 0 Å². The molecule has 0 aromatic heterocycles. The van der Waals surface area contributed by atoms with Crippen molar-refractivity contribution >= 4 is 16.3 Å². The largest absolute Gasteiger partial charge is 0.211 e. The third-order valence-corrected chi connectivity index (χ3v) is 2.34. The van der Waals surface area contributed by atoms with Crippen LogP contribution in [0.5, 0.6) is 0 Å². The highest BCUT2D eigenvalue weighted by molar-refractivity contribution is 6.08. The Morgan fingerprint density at radius 2 is 1.89 bits per heavy atom. The molecule has 0 bridgehead atoms. The lowest BCUT2D eigenvalue weighted by atomic mass is 10.1. The first-order valence-corrected chi connectivity index (χ1v) is 5.68. The Morgan fingerprint density at radius 3 is 2.33 bits per heavy atom. The second-order valence-electron chi connectivity index (χ2n) is 3.24. The predicted molar refractivity (Wildman–Crippen MR) is 48.8 cm³/mol. The van der Waals surface area contributed by atoms with E-state index in [9.17, 15) is 0 Å². The third-order valence-electron chi connectivity index (χ3n) is 1.64. The van der Waals surface area contributed by atoms with Crippen molar-refractivity contribution in [2.24, 2.45) is 5.92 Å². The summed E-state index contributed by atoms with van der Waals surface area (Å²) in [6.45, 7) is 4.61. The van der Waals surface area contributed by atoms with E-state index in [0.29, 0.717) is 0 Å². The minimum Gasteiger partial charge on any atom is -0.101 e. The normalized spacial score (nSPS) is 10.6. The van der Waals surface area contributed by atoms with E-state index in [1.807, 2.05) is 0 Å². The molecule has 0 aromatic carbocycles. The van der Waals surface area contributed by atoms with Gasteiger partial charge in [-0.05, 0) is 5.92 Å². The molecular weight excluding hydrogens is 123 g/mol. The minimum absolute atomic E-state index is 0. The summed E-state index contributed by atoms with van der Waals surface area (Å²) in [5.41, 5.74) is 0. The highest BCUT2D eigenvalue weighted by Crippen LogP contribution is 2.08. The molecule has 0 aliphatic heterocycles. The maximum Gasteiger partial charge on any atom is 0.211 e. The van der Waals surface area contributed by atoms with Crippen molar-refractivity contribution in [1.82, 2.24) is 0 Å². The molecule has 0 spiro atoms. The zero-order valence-electron chi connectivity index (χ0n) is 7.11. The molecule has 0 saturated heterocycles. The molecule has 9 heavy (non-hydrogen) atoms. The summed E-state index contributed by atoms with van der Waals surface area (Å²) in [6.07, 6.45) is 5.85. The first-order chi connectivity index (χ1) is 4.27. The highest BCUT2D eigenvalue weighted by atomic mass is 27.0. The molecule has 0 saturated carbocycles. The Hall–Kier alpha value is 0.532. The van der Waals surface area contributed by atoms with E-state index in [4.69, 9.17) is 0 Å². The quantitative estimate of drug-likeness (QED) is 0.411. The maximum absolute atomic E-state index is 2.31. The van der Waals surface area contributed by atoms with Crippen LogP contribution in [0.2, 0.25) is 5.28 Å². The van der Waals surface area contributed by atoms with Gasteiger partial charge in [0.15, 0.2) is 0 Å². The van der Waals surface area contributed by atoms with Crippen LogP contribution in [0.4, 0.5) is 0 Å². The molecule has 1 heteroatoms. The average Bonchev–Trinajstić information content (AvgIpc) is 1.80. The van der Waals surface area contributed by atoms with Crippen LogP contribution in [0.1, 0.15) is 41.0 Å². The second kappa shape index (κ2) is 6.65. The van der Waals surface area contributed by atoms with E-state index in [1.165, 1.54) is 47.3 Å². The third kappa shape index (κ3) is 8.53. The fourth-order valence-electron chi connectivity index (χ4n) is 0.979. The van der Waals surface area contributed by atoms with Gasteiger partial charge in [0.25, 0.3) is 0 Å². The molecule has 0 fully saturated rings. The summed E-state index contributed by atoms with van der Waals surface area (Å²) in [5, 5.41) is 1.50. The molecule has 0 radical (unpaired) electrons. The van der Waals surface area contributed by atoms with Crippen LogP contribution in [-0.4, -0.2) is 16.3 Å². The van der Waals surface area contributed by atoms with Crippen LogP contribution >= 0.6 is 0 Å². The second-order valence-corrected chi connectivity index (χ2v) is 4.24. The van der Waals surface area contributed by atoms with Gasteiger partial charge in [-0.25, -0.2) is 0 Å². The molecule has 0 nitrogen and oxygen atoms in total. The Bertz CT molecular complexity index is 55.2. The van der Waals surface area contributed by atoms with Gasteiger partial charge in [-0.3, -0.25) is 0 Å². The molecule has 0 heterocycles. The first-order valence-electron chi connectivity index (χ1n) is 4.27. The summed E-state index contributed by atoms with van der Waals surface area (Å²) in [6, 6.07) is 0. The van der Waals surface area contributed by atoms with E-state index in [1.54, 1.807) is 0 Å². The molecule has 0 unspecified atom stereocenters. The number of unbranched alkanes of at least 4 members (excludes halogenated alkanes) is 2. The molecule has 0 aromatic rings. The monoisotopic (exact) mass is 144 g/mol. The molecular formula is C8H21Al. The van der Waals surface area contributed by atoms with Gasteiger partial charge in [0.1, 0.15) is 0 Å². The zero-order chi connectivity index (χ0) is 7.11.